The van der Waals surface area contributed by atoms with Crippen molar-refractivity contribution < 1.29 is 18.8 Å². The Balaban J connectivity index is 1.36. The Morgan fingerprint density at radius 1 is 0.744 bits per heavy atom. The van der Waals surface area contributed by atoms with Crippen LogP contribution in [0.3, 0.4) is 0 Å². The van der Waals surface area contributed by atoms with Gasteiger partial charge < -0.3 is 14.8 Å². The predicted octanol–water partition coefficient (Wildman–Crippen LogP) is 6.51. The zero-order chi connectivity index (χ0) is 26.8. The molecule has 2 heterocycles. The van der Waals surface area contributed by atoms with Crippen molar-refractivity contribution >= 4 is 28.9 Å². The number of halogens is 1. The number of nitro groups is 1. The Morgan fingerprint density at radius 3 is 1.79 bits per heavy atom. The van der Waals surface area contributed by atoms with Crippen molar-refractivity contribution in [2.75, 3.05) is 18.5 Å². The average Bonchev–Trinajstić information content (AvgIpc) is 3.66. The average molecular weight is 523 g/mol. The summed E-state index contributed by atoms with van der Waals surface area (Å²) >= 11 is 0. The van der Waals surface area contributed by atoms with Crippen LogP contribution in [-0.2, 0) is 9.47 Å². The highest BCUT2D eigenvalue weighted by Crippen LogP contribution is 2.34. The Bertz CT molecular complexity index is 1590. The van der Waals surface area contributed by atoms with E-state index in [1.165, 1.54) is 24.3 Å². The van der Waals surface area contributed by atoms with Gasteiger partial charge in [0.05, 0.1) is 27.4 Å². The van der Waals surface area contributed by atoms with Crippen molar-refractivity contribution in [3.63, 3.8) is 0 Å². The van der Waals surface area contributed by atoms with Gasteiger partial charge in [0.25, 0.3) is 5.69 Å². The molecule has 2 aliphatic rings. The molecule has 0 saturated heterocycles. The molecule has 0 saturated carbocycles. The molecule has 0 radical (unpaired) electrons. The lowest BCUT2D eigenvalue weighted by atomic mass is 10.1. The molecule has 0 fully saturated rings. The molecule has 9 heteroatoms. The summed E-state index contributed by atoms with van der Waals surface area (Å²) in [5.74, 6) is 0.161. The van der Waals surface area contributed by atoms with Crippen molar-refractivity contribution in [3.8, 4) is 0 Å². The number of rotatable bonds is 7. The number of non-ortho nitro benzene ring substituents is 1. The van der Waals surface area contributed by atoms with Gasteiger partial charge in [-0.05, 0) is 35.4 Å². The van der Waals surface area contributed by atoms with E-state index in [0.717, 1.165) is 11.1 Å². The van der Waals surface area contributed by atoms with Gasteiger partial charge in [0.15, 0.2) is 0 Å². The molecule has 194 valence electrons. The van der Waals surface area contributed by atoms with E-state index < -0.39 is 10.7 Å². The highest BCUT2D eigenvalue weighted by molar-refractivity contribution is 6.04. The van der Waals surface area contributed by atoms with Crippen LogP contribution < -0.4 is 5.32 Å². The highest BCUT2D eigenvalue weighted by atomic mass is 19.1. The van der Waals surface area contributed by atoms with Gasteiger partial charge in [0.1, 0.15) is 31.1 Å². The molecule has 4 aromatic rings. The van der Waals surface area contributed by atoms with Crippen LogP contribution in [0.25, 0.3) is 0 Å². The van der Waals surface area contributed by atoms with Crippen molar-refractivity contribution in [1.82, 2.24) is 0 Å². The standard InChI is InChI=1S/C30H23FN4O4/c31-21-11-13-25(23(15-21)29-33-27(17-38-29)19-7-3-1-4-8-19)32-26-14-12-22(35(36)37)16-24(26)30-34-28(18-39-30)20-9-5-2-6-10-20/h1-16,27-28,32H,17-18H2. The van der Waals surface area contributed by atoms with Crippen LogP contribution in [0.5, 0.6) is 0 Å². The minimum Gasteiger partial charge on any atom is -0.475 e. The fraction of sp³-hybridized carbons (Fsp3) is 0.133. The quantitative estimate of drug-likeness (QED) is 0.220. The maximum Gasteiger partial charge on any atom is 0.270 e. The monoisotopic (exact) mass is 522 g/mol. The van der Waals surface area contributed by atoms with E-state index in [1.807, 2.05) is 60.7 Å². The lowest BCUT2D eigenvalue weighted by Crippen LogP contribution is -2.10. The van der Waals surface area contributed by atoms with Crippen molar-refractivity contribution in [1.29, 1.82) is 0 Å². The summed E-state index contributed by atoms with van der Waals surface area (Å²) in [5.41, 5.74) is 3.79. The maximum absolute atomic E-state index is 14.4. The third-order valence-corrected chi connectivity index (χ3v) is 6.60. The number of aliphatic imine (C=N–C) groups is 2. The number of nitrogens with one attached hydrogen (secondary N) is 1. The van der Waals surface area contributed by atoms with Gasteiger partial charge >= 0.3 is 0 Å². The molecule has 4 aromatic carbocycles. The fourth-order valence-electron chi connectivity index (χ4n) is 4.61. The first-order chi connectivity index (χ1) is 19.0. The van der Waals surface area contributed by atoms with Gasteiger partial charge in [-0.2, -0.15) is 0 Å². The first kappa shape index (κ1) is 24.3. The minimum absolute atomic E-state index is 0.0986. The molecule has 0 aliphatic carbocycles. The van der Waals surface area contributed by atoms with Gasteiger partial charge in [-0.3, -0.25) is 10.1 Å². The van der Waals surface area contributed by atoms with E-state index >= 15 is 0 Å². The van der Waals surface area contributed by atoms with E-state index in [2.05, 4.69) is 5.32 Å². The molecule has 8 nitrogen and oxygen atoms in total. The maximum atomic E-state index is 14.4. The first-order valence-electron chi connectivity index (χ1n) is 12.4. The number of nitrogens with zero attached hydrogens (tertiary/aromatic N) is 3. The molecule has 0 aromatic heterocycles. The molecule has 2 atom stereocenters. The topological polar surface area (TPSA) is 98.4 Å². The number of anilines is 2. The zero-order valence-corrected chi connectivity index (χ0v) is 20.7. The summed E-state index contributed by atoms with van der Waals surface area (Å²) < 4.78 is 26.2. The zero-order valence-electron chi connectivity index (χ0n) is 20.7. The van der Waals surface area contributed by atoms with Gasteiger partial charge in [-0.1, -0.05) is 60.7 Å². The summed E-state index contributed by atoms with van der Waals surface area (Å²) in [5, 5.41) is 14.9. The van der Waals surface area contributed by atoms with Crippen LogP contribution in [0.4, 0.5) is 21.5 Å². The SMILES string of the molecule is O=[N+]([O-])c1ccc(Nc2ccc(F)cc2C2=NC(c3ccccc3)CO2)c(C2=NC(c3ccccc3)CO2)c1. The van der Waals surface area contributed by atoms with Crippen LogP contribution in [0.1, 0.15) is 34.3 Å². The number of hydrogen-bond donors (Lipinski definition) is 1. The van der Waals surface area contributed by atoms with Gasteiger partial charge in [-0.15, -0.1) is 0 Å². The Morgan fingerprint density at radius 2 is 1.26 bits per heavy atom. The van der Waals surface area contributed by atoms with Crippen LogP contribution in [0, 0.1) is 15.9 Å². The fourth-order valence-corrected chi connectivity index (χ4v) is 4.61. The smallest absolute Gasteiger partial charge is 0.270 e. The first-order valence-corrected chi connectivity index (χ1v) is 12.4. The van der Waals surface area contributed by atoms with Crippen LogP contribution >= 0.6 is 0 Å². The molecule has 2 unspecified atom stereocenters. The van der Waals surface area contributed by atoms with E-state index in [9.17, 15) is 14.5 Å². The lowest BCUT2D eigenvalue weighted by Gasteiger charge is -2.15. The summed E-state index contributed by atoms with van der Waals surface area (Å²) in [6, 6.07) is 27.7. The normalized spacial score (nSPS) is 18.1. The molecule has 0 bridgehead atoms. The minimum atomic E-state index is -0.467. The third-order valence-electron chi connectivity index (χ3n) is 6.60. The molecular formula is C30H23FN4O4. The Kier molecular flexibility index (Phi) is 6.46. The second kappa shape index (κ2) is 10.4. The largest absolute Gasteiger partial charge is 0.475 e. The van der Waals surface area contributed by atoms with Crippen LogP contribution in [0.15, 0.2) is 107 Å². The second-order valence-corrected chi connectivity index (χ2v) is 9.15. The number of hydrogen-bond acceptors (Lipinski definition) is 7. The third kappa shape index (κ3) is 5.06. The van der Waals surface area contributed by atoms with E-state index in [4.69, 9.17) is 19.5 Å². The van der Waals surface area contributed by atoms with Gasteiger partial charge in [0, 0.05) is 12.1 Å². The van der Waals surface area contributed by atoms with E-state index in [-0.39, 0.29) is 23.7 Å². The molecular weight excluding hydrogens is 499 g/mol. The number of nitro benzene ring substituents is 1. The van der Waals surface area contributed by atoms with Gasteiger partial charge in [0.2, 0.25) is 11.8 Å². The molecule has 0 amide bonds. The number of benzene rings is 4. The van der Waals surface area contributed by atoms with E-state index in [1.54, 1.807) is 12.1 Å². The molecule has 2 aliphatic heterocycles. The predicted molar refractivity (Wildman–Crippen MR) is 146 cm³/mol. The molecule has 39 heavy (non-hydrogen) atoms. The lowest BCUT2D eigenvalue weighted by molar-refractivity contribution is -0.384. The number of ether oxygens (including phenoxy) is 2. The van der Waals surface area contributed by atoms with Crippen molar-refractivity contribution in [2.45, 2.75) is 12.1 Å². The molecule has 0 spiro atoms. The van der Waals surface area contributed by atoms with E-state index in [0.29, 0.717) is 41.6 Å². The van der Waals surface area contributed by atoms with Gasteiger partial charge in [-0.25, -0.2) is 14.4 Å². The summed E-state index contributed by atoms with van der Waals surface area (Å²) in [7, 11) is 0. The summed E-state index contributed by atoms with van der Waals surface area (Å²) in [4.78, 5) is 20.5. The van der Waals surface area contributed by atoms with Crippen LogP contribution in [0.2, 0.25) is 0 Å². The summed E-state index contributed by atoms with van der Waals surface area (Å²) in [6.07, 6.45) is 0. The van der Waals surface area contributed by atoms with Crippen LogP contribution in [-0.4, -0.2) is 29.9 Å². The molecule has 1 N–H and O–H groups in total. The Labute approximate surface area is 223 Å². The molecule has 6 rings (SSSR count). The Hall–Kier alpha value is -5.05. The van der Waals surface area contributed by atoms with Crippen molar-refractivity contribution in [2.24, 2.45) is 9.98 Å². The van der Waals surface area contributed by atoms with Crippen molar-refractivity contribution in [3.05, 3.63) is 135 Å². The highest BCUT2D eigenvalue weighted by Gasteiger charge is 2.27. The second-order valence-electron chi connectivity index (χ2n) is 9.15. The summed E-state index contributed by atoms with van der Waals surface area (Å²) in [6.45, 7) is 0.651.